The number of urea groups is 1. The third kappa shape index (κ3) is 5.16. The smallest absolute Gasteiger partial charge is 0.321 e. The number of carbonyl (C=O) groups excluding carboxylic acids is 1. The van der Waals surface area contributed by atoms with Crippen LogP contribution in [0.15, 0.2) is 48.5 Å². The molecule has 2 aromatic carbocycles. The van der Waals surface area contributed by atoms with Crippen molar-refractivity contribution in [2.24, 2.45) is 0 Å². The molecular formula is C27H33N5O. The van der Waals surface area contributed by atoms with Crippen molar-refractivity contribution in [3.8, 4) is 11.4 Å². The van der Waals surface area contributed by atoms with Crippen LogP contribution >= 0.6 is 0 Å². The van der Waals surface area contributed by atoms with Crippen LogP contribution in [0.4, 0.5) is 16.3 Å². The minimum Gasteiger partial charge on any atom is -0.353 e. The Kier molecular flexibility index (Phi) is 6.92. The van der Waals surface area contributed by atoms with E-state index in [4.69, 9.17) is 9.97 Å². The second-order valence-corrected chi connectivity index (χ2v) is 8.61. The van der Waals surface area contributed by atoms with Gasteiger partial charge in [-0.2, -0.15) is 0 Å². The van der Waals surface area contributed by atoms with Crippen LogP contribution < -0.4 is 10.2 Å². The lowest BCUT2D eigenvalue weighted by Gasteiger charge is -2.36. The van der Waals surface area contributed by atoms with E-state index in [0.717, 1.165) is 54.5 Å². The van der Waals surface area contributed by atoms with E-state index in [1.165, 1.54) is 16.7 Å². The maximum Gasteiger partial charge on any atom is 0.321 e. The Morgan fingerprint density at radius 3 is 2.15 bits per heavy atom. The van der Waals surface area contributed by atoms with Crippen LogP contribution in [0.2, 0.25) is 0 Å². The van der Waals surface area contributed by atoms with Gasteiger partial charge in [-0.05, 0) is 44.4 Å². The van der Waals surface area contributed by atoms with Crippen molar-refractivity contribution in [3.63, 3.8) is 0 Å². The summed E-state index contributed by atoms with van der Waals surface area (Å²) in [7, 11) is 0. The van der Waals surface area contributed by atoms with Crippen LogP contribution in [0.5, 0.6) is 0 Å². The molecule has 172 valence electrons. The lowest BCUT2D eigenvalue weighted by molar-refractivity contribution is 0.208. The molecule has 1 fully saturated rings. The van der Waals surface area contributed by atoms with E-state index in [1.807, 2.05) is 17.0 Å². The Morgan fingerprint density at radius 1 is 0.879 bits per heavy atom. The summed E-state index contributed by atoms with van der Waals surface area (Å²) in [5, 5.41) is 3.03. The Bertz CT molecular complexity index is 1100. The van der Waals surface area contributed by atoms with Gasteiger partial charge >= 0.3 is 6.03 Å². The van der Waals surface area contributed by atoms with Gasteiger partial charge in [-0.3, -0.25) is 0 Å². The average molecular weight is 444 g/mol. The highest BCUT2D eigenvalue weighted by Gasteiger charge is 2.25. The first-order valence-electron chi connectivity index (χ1n) is 11.8. The molecule has 1 aromatic heterocycles. The van der Waals surface area contributed by atoms with Crippen LogP contribution in [-0.2, 0) is 12.8 Å². The van der Waals surface area contributed by atoms with Gasteiger partial charge in [-0.15, -0.1) is 0 Å². The van der Waals surface area contributed by atoms with E-state index in [0.29, 0.717) is 13.1 Å². The van der Waals surface area contributed by atoms with Gasteiger partial charge in [0.1, 0.15) is 5.82 Å². The zero-order chi connectivity index (χ0) is 23.4. The fourth-order valence-electron chi connectivity index (χ4n) is 4.24. The van der Waals surface area contributed by atoms with Crippen molar-refractivity contribution >= 4 is 17.5 Å². The molecule has 0 spiro atoms. The third-order valence-corrected chi connectivity index (χ3v) is 6.34. The molecule has 6 heteroatoms. The van der Waals surface area contributed by atoms with Crippen molar-refractivity contribution in [1.82, 2.24) is 14.9 Å². The molecule has 0 unspecified atom stereocenters. The van der Waals surface area contributed by atoms with Gasteiger partial charge in [0.2, 0.25) is 0 Å². The third-order valence-electron chi connectivity index (χ3n) is 6.34. The number of rotatable bonds is 5. The summed E-state index contributed by atoms with van der Waals surface area (Å²) in [4.78, 5) is 26.7. The SMILES string of the molecule is CCc1ccc(NC(=O)N2CCN(c3nc(-c4ccc(C)cc4)nc(C)c3CC)CC2)cc1. The Labute approximate surface area is 196 Å². The Hall–Kier alpha value is -3.41. The molecule has 0 saturated carbocycles. The molecule has 6 nitrogen and oxygen atoms in total. The lowest BCUT2D eigenvalue weighted by atomic mass is 10.1. The van der Waals surface area contributed by atoms with Gasteiger partial charge in [0.15, 0.2) is 5.82 Å². The van der Waals surface area contributed by atoms with Crippen LogP contribution in [0, 0.1) is 13.8 Å². The van der Waals surface area contributed by atoms with Gasteiger partial charge in [0.05, 0.1) is 0 Å². The molecule has 0 aliphatic carbocycles. The highest BCUT2D eigenvalue weighted by Crippen LogP contribution is 2.27. The number of piperazine rings is 1. The summed E-state index contributed by atoms with van der Waals surface area (Å²) in [5.74, 6) is 1.76. The molecule has 2 amide bonds. The van der Waals surface area contributed by atoms with Crippen molar-refractivity contribution in [2.45, 2.75) is 40.5 Å². The zero-order valence-corrected chi connectivity index (χ0v) is 20.1. The predicted molar refractivity (Wildman–Crippen MR) is 135 cm³/mol. The largest absolute Gasteiger partial charge is 0.353 e. The first kappa shape index (κ1) is 22.8. The van der Waals surface area contributed by atoms with Gasteiger partial charge in [0, 0.05) is 48.7 Å². The number of carbonyl (C=O) groups is 1. The molecule has 2 heterocycles. The highest BCUT2D eigenvalue weighted by atomic mass is 16.2. The Balaban J connectivity index is 1.47. The van der Waals surface area contributed by atoms with E-state index < -0.39 is 0 Å². The van der Waals surface area contributed by atoms with Crippen LogP contribution in [0.25, 0.3) is 11.4 Å². The first-order valence-corrected chi connectivity index (χ1v) is 11.8. The molecular weight excluding hydrogens is 410 g/mol. The number of aromatic nitrogens is 2. The molecule has 4 rings (SSSR count). The number of anilines is 2. The van der Waals surface area contributed by atoms with Crippen LogP contribution in [0.3, 0.4) is 0 Å². The summed E-state index contributed by atoms with van der Waals surface area (Å²) < 4.78 is 0. The molecule has 33 heavy (non-hydrogen) atoms. The maximum atomic E-state index is 12.8. The van der Waals surface area contributed by atoms with Gasteiger partial charge in [-0.25, -0.2) is 14.8 Å². The van der Waals surface area contributed by atoms with Crippen LogP contribution in [-0.4, -0.2) is 47.1 Å². The molecule has 1 aliphatic rings. The molecule has 1 saturated heterocycles. The van der Waals surface area contributed by atoms with Gasteiger partial charge in [0.25, 0.3) is 0 Å². The molecule has 1 N–H and O–H groups in total. The molecule has 3 aromatic rings. The average Bonchev–Trinajstić information content (AvgIpc) is 2.84. The molecule has 0 bridgehead atoms. The second kappa shape index (κ2) is 10.0. The number of aryl methyl sites for hydroxylation is 3. The number of hydrogen-bond donors (Lipinski definition) is 1. The number of amides is 2. The minimum atomic E-state index is -0.0474. The fraction of sp³-hybridized carbons (Fsp3) is 0.370. The van der Waals surface area contributed by atoms with E-state index in [9.17, 15) is 4.79 Å². The lowest BCUT2D eigenvalue weighted by Crippen LogP contribution is -2.50. The van der Waals surface area contributed by atoms with Crippen LogP contribution in [0.1, 0.15) is 36.2 Å². The van der Waals surface area contributed by atoms with Gasteiger partial charge < -0.3 is 15.1 Å². The summed E-state index contributed by atoms with van der Waals surface area (Å²) in [6, 6.07) is 16.3. The van der Waals surface area contributed by atoms with Crippen molar-refractivity contribution in [2.75, 3.05) is 36.4 Å². The first-order chi connectivity index (χ1) is 16.0. The summed E-state index contributed by atoms with van der Waals surface area (Å²) in [6.45, 7) is 11.2. The molecule has 0 atom stereocenters. The van der Waals surface area contributed by atoms with E-state index in [1.54, 1.807) is 0 Å². The minimum absolute atomic E-state index is 0.0474. The molecule has 1 aliphatic heterocycles. The van der Waals surface area contributed by atoms with E-state index in [-0.39, 0.29) is 6.03 Å². The summed E-state index contributed by atoms with van der Waals surface area (Å²) >= 11 is 0. The number of benzene rings is 2. The van der Waals surface area contributed by atoms with E-state index >= 15 is 0 Å². The second-order valence-electron chi connectivity index (χ2n) is 8.61. The summed E-state index contributed by atoms with van der Waals surface area (Å²) in [6.07, 6.45) is 1.87. The van der Waals surface area contributed by atoms with E-state index in [2.05, 4.69) is 74.3 Å². The van der Waals surface area contributed by atoms with Gasteiger partial charge in [-0.1, -0.05) is 55.8 Å². The summed E-state index contributed by atoms with van der Waals surface area (Å²) in [5.41, 5.74) is 6.55. The quantitative estimate of drug-likeness (QED) is 0.586. The number of nitrogens with one attached hydrogen (secondary N) is 1. The van der Waals surface area contributed by atoms with Crippen molar-refractivity contribution in [3.05, 3.63) is 70.9 Å². The fourth-order valence-corrected chi connectivity index (χ4v) is 4.24. The topological polar surface area (TPSA) is 61.4 Å². The monoisotopic (exact) mass is 443 g/mol. The number of hydrogen-bond acceptors (Lipinski definition) is 4. The highest BCUT2D eigenvalue weighted by molar-refractivity contribution is 5.89. The molecule has 0 radical (unpaired) electrons. The maximum absolute atomic E-state index is 12.8. The Morgan fingerprint density at radius 2 is 1.55 bits per heavy atom. The number of nitrogens with zero attached hydrogens (tertiary/aromatic N) is 4. The standard InChI is InChI=1S/C27H33N5O/c1-5-21-9-13-23(14-10-21)29-27(33)32-17-15-31(16-18-32)26-24(6-2)20(4)28-25(30-26)22-11-7-19(3)8-12-22/h7-14H,5-6,15-18H2,1-4H3,(H,29,33). The zero-order valence-electron chi connectivity index (χ0n) is 20.1. The van der Waals surface area contributed by atoms with Crippen molar-refractivity contribution in [1.29, 1.82) is 0 Å². The normalized spacial score (nSPS) is 13.8. The predicted octanol–water partition coefficient (Wildman–Crippen LogP) is 5.24. The van der Waals surface area contributed by atoms with Crippen molar-refractivity contribution < 1.29 is 4.79 Å².